The molecular formula is C12H18N2O. The molecule has 1 fully saturated rings. The van der Waals surface area contributed by atoms with Gasteiger partial charge in [0.2, 0.25) is 0 Å². The molecule has 82 valence electrons. The number of hydrogen-bond donors (Lipinski definition) is 0. The maximum atomic E-state index is 12.1. The van der Waals surface area contributed by atoms with Gasteiger partial charge in [0.05, 0.1) is 6.33 Å². The Labute approximate surface area is 90.5 Å². The molecule has 0 saturated heterocycles. The highest BCUT2D eigenvalue weighted by Gasteiger charge is 2.26. The average Bonchev–Trinajstić information content (AvgIpc) is 2.64. The fraction of sp³-hybridized carbons (Fsp3) is 0.667. The van der Waals surface area contributed by atoms with Gasteiger partial charge in [-0.25, -0.2) is 4.98 Å². The second kappa shape index (κ2) is 4.17. The molecule has 0 aromatic carbocycles. The first-order valence-electron chi connectivity index (χ1n) is 5.69. The molecule has 0 amide bonds. The van der Waals surface area contributed by atoms with E-state index in [1.165, 1.54) is 12.8 Å². The minimum absolute atomic E-state index is 0.212. The lowest BCUT2D eigenvalue weighted by atomic mass is 9.80. The highest BCUT2D eigenvalue weighted by molar-refractivity contribution is 5.95. The zero-order chi connectivity index (χ0) is 10.8. The molecule has 0 bridgehead atoms. The van der Waals surface area contributed by atoms with Gasteiger partial charge >= 0.3 is 0 Å². The zero-order valence-corrected chi connectivity index (χ0v) is 9.44. The van der Waals surface area contributed by atoms with Gasteiger partial charge in [-0.15, -0.1) is 0 Å². The summed E-state index contributed by atoms with van der Waals surface area (Å²) < 4.78 is 1.83. The summed E-state index contributed by atoms with van der Waals surface area (Å²) in [4.78, 5) is 16.2. The predicted octanol–water partition coefficient (Wildman–Crippen LogP) is 2.43. The lowest BCUT2D eigenvalue weighted by molar-refractivity contribution is 0.0863. The van der Waals surface area contributed by atoms with Crippen molar-refractivity contribution in [3.05, 3.63) is 18.2 Å². The molecule has 0 spiro atoms. The van der Waals surface area contributed by atoms with E-state index in [0.29, 0.717) is 11.6 Å². The Kier molecular flexibility index (Phi) is 2.89. The fourth-order valence-corrected chi connectivity index (χ4v) is 2.42. The molecule has 0 radical (unpaired) electrons. The summed E-state index contributed by atoms with van der Waals surface area (Å²) in [5, 5.41) is 0. The van der Waals surface area contributed by atoms with Crippen molar-refractivity contribution in [3.63, 3.8) is 0 Å². The minimum atomic E-state index is 0.212. The van der Waals surface area contributed by atoms with Crippen LogP contribution in [0.3, 0.4) is 0 Å². The molecule has 1 aromatic heterocycles. The number of carbonyl (C=O) groups is 1. The van der Waals surface area contributed by atoms with E-state index >= 15 is 0 Å². The van der Waals surface area contributed by atoms with Crippen molar-refractivity contribution in [1.82, 2.24) is 9.55 Å². The Bertz CT molecular complexity index is 356. The Hall–Kier alpha value is -1.12. The second-order valence-electron chi connectivity index (χ2n) is 4.76. The Morgan fingerprint density at radius 2 is 2.33 bits per heavy atom. The third-order valence-electron chi connectivity index (χ3n) is 3.26. The monoisotopic (exact) mass is 206 g/mol. The average molecular weight is 206 g/mol. The van der Waals surface area contributed by atoms with Gasteiger partial charge < -0.3 is 4.57 Å². The van der Waals surface area contributed by atoms with Gasteiger partial charge in [0, 0.05) is 19.2 Å². The first kappa shape index (κ1) is 10.4. The predicted molar refractivity (Wildman–Crippen MR) is 58.7 cm³/mol. The third-order valence-corrected chi connectivity index (χ3v) is 3.26. The summed E-state index contributed by atoms with van der Waals surface area (Å²) in [5.74, 6) is 1.14. The van der Waals surface area contributed by atoms with E-state index in [0.717, 1.165) is 12.8 Å². The number of aryl methyl sites for hydroxylation is 1. The number of carbonyl (C=O) groups excluding carboxylic acids is 1. The van der Waals surface area contributed by atoms with Crippen molar-refractivity contribution >= 4 is 5.78 Å². The number of hydrogen-bond acceptors (Lipinski definition) is 2. The van der Waals surface area contributed by atoms with Crippen LogP contribution in [0.25, 0.3) is 0 Å². The normalized spacial score (nSPS) is 26.5. The number of nitrogens with zero attached hydrogens (tertiary/aromatic N) is 2. The standard InChI is InChI=1S/C12H18N2O/c1-9-4-3-5-10(6-9)12(15)11-7-14(2)8-13-11/h7-10H,3-6H2,1-2H3. The number of aromatic nitrogens is 2. The van der Waals surface area contributed by atoms with Crippen LogP contribution in [0.1, 0.15) is 43.1 Å². The largest absolute Gasteiger partial charge is 0.340 e. The molecule has 1 aliphatic rings. The molecule has 1 aliphatic carbocycles. The summed E-state index contributed by atoms with van der Waals surface area (Å²) in [6.07, 6.45) is 8.05. The number of imidazole rings is 1. The molecule has 15 heavy (non-hydrogen) atoms. The summed E-state index contributed by atoms with van der Waals surface area (Å²) >= 11 is 0. The second-order valence-corrected chi connectivity index (χ2v) is 4.76. The van der Waals surface area contributed by atoms with Crippen LogP contribution in [0, 0.1) is 11.8 Å². The third kappa shape index (κ3) is 2.28. The molecule has 2 unspecified atom stereocenters. The van der Waals surface area contributed by atoms with Crippen LogP contribution in [0.5, 0.6) is 0 Å². The first-order valence-corrected chi connectivity index (χ1v) is 5.69. The Morgan fingerprint density at radius 1 is 1.53 bits per heavy atom. The Morgan fingerprint density at radius 3 is 2.93 bits per heavy atom. The van der Waals surface area contributed by atoms with Gasteiger partial charge in [-0.1, -0.05) is 19.8 Å². The topological polar surface area (TPSA) is 34.9 Å². The quantitative estimate of drug-likeness (QED) is 0.696. The number of Topliss-reactive ketones (excluding diaryl/α,β-unsaturated/α-hetero) is 1. The van der Waals surface area contributed by atoms with Crippen molar-refractivity contribution < 1.29 is 4.79 Å². The SMILES string of the molecule is CC1CCCC(C(=O)c2cn(C)cn2)C1. The molecule has 2 atom stereocenters. The smallest absolute Gasteiger partial charge is 0.185 e. The Balaban J connectivity index is 2.07. The van der Waals surface area contributed by atoms with E-state index in [4.69, 9.17) is 0 Å². The lowest BCUT2D eigenvalue weighted by Gasteiger charge is -2.24. The van der Waals surface area contributed by atoms with Crippen molar-refractivity contribution in [1.29, 1.82) is 0 Å². The lowest BCUT2D eigenvalue weighted by Crippen LogP contribution is -2.22. The van der Waals surface area contributed by atoms with Gasteiger partial charge in [-0.2, -0.15) is 0 Å². The van der Waals surface area contributed by atoms with Crippen LogP contribution < -0.4 is 0 Å². The zero-order valence-electron chi connectivity index (χ0n) is 9.44. The van der Waals surface area contributed by atoms with E-state index in [1.54, 1.807) is 6.33 Å². The van der Waals surface area contributed by atoms with E-state index in [9.17, 15) is 4.79 Å². The van der Waals surface area contributed by atoms with Crippen LogP contribution in [0.4, 0.5) is 0 Å². The van der Waals surface area contributed by atoms with Crippen LogP contribution in [0.2, 0.25) is 0 Å². The molecule has 3 nitrogen and oxygen atoms in total. The van der Waals surface area contributed by atoms with Crippen molar-refractivity contribution in [2.45, 2.75) is 32.6 Å². The van der Waals surface area contributed by atoms with Crippen LogP contribution in [-0.2, 0) is 7.05 Å². The maximum Gasteiger partial charge on any atom is 0.185 e. The summed E-state index contributed by atoms with van der Waals surface area (Å²) in [5.41, 5.74) is 0.636. The fourth-order valence-electron chi connectivity index (χ4n) is 2.42. The van der Waals surface area contributed by atoms with Crippen LogP contribution in [0.15, 0.2) is 12.5 Å². The minimum Gasteiger partial charge on any atom is -0.340 e. The molecule has 2 rings (SSSR count). The van der Waals surface area contributed by atoms with Gasteiger partial charge in [0.1, 0.15) is 5.69 Å². The van der Waals surface area contributed by atoms with Crippen molar-refractivity contribution in [2.24, 2.45) is 18.9 Å². The van der Waals surface area contributed by atoms with E-state index in [2.05, 4.69) is 11.9 Å². The molecule has 1 heterocycles. The van der Waals surface area contributed by atoms with Gasteiger partial charge in [-0.05, 0) is 18.8 Å². The number of ketones is 1. The molecule has 1 aromatic rings. The first-order chi connectivity index (χ1) is 7.16. The van der Waals surface area contributed by atoms with Crippen LogP contribution >= 0.6 is 0 Å². The molecular weight excluding hydrogens is 188 g/mol. The van der Waals surface area contributed by atoms with E-state index in [1.807, 2.05) is 17.8 Å². The molecule has 0 aliphatic heterocycles. The van der Waals surface area contributed by atoms with E-state index in [-0.39, 0.29) is 11.7 Å². The van der Waals surface area contributed by atoms with E-state index < -0.39 is 0 Å². The van der Waals surface area contributed by atoms with Gasteiger partial charge in [0.25, 0.3) is 0 Å². The molecule has 0 N–H and O–H groups in total. The summed E-state index contributed by atoms with van der Waals surface area (Å²) in [6.45, 7) is 2.23. The molecule has 1 saturated carbocycles. The maximum absolute atomic E-state index is 12.1. The molecule has 3 heteroatoms. The van der Waals surface area contributed by atoms with Crippen molar-refractivity contribution in [2.75, 3.05) is 0 Å². The highest BCUT2D eigenvalue weighted by Crippen LogP contribution is 2.30. The summed E-state index contributed by atoms with van der Waals surface area (Å²) in [7, 11) is 1.90. The van der Waals surface area contributed by atoms with Gasteiger partial charge in [-0.3, -0.25) is 4.79 Å². The van der Waals surface area contributed by atoms with Gasteiger partial charge in [0.15, 0.2) is 5.78 Å². The number of rotatable bonds is 2. The highest BCUT2D eigenvalue weighted by atomic mass is 16.1. The summed E-state index contributed by atoms with van der Waals surface area (Å²) in [6, 6.07) is 0. The van der Waals surface area contributed by atoms with Crippen LogP contribution in [-0.4, -0.2) is 15.3 Å². The van der Waals surface area contributed by atoms with Crippen molar-refractivity contribution in [3.8, 4) is 0 Å².